The lowest BCUT2D eigenvalue weighted by Crippen LogP contribution is -2.29. The van der Waals surface area contributed by atoms with E-state index in [2.05, 4.69) is 5.92 Å². The Hall–Kier alpha value is -3.06. The maximum absolute atomic E-state index is 12.3. The SMILES string of the molecule is C#CCOc1ccc(CN2C(=O)c3ccccc3C2=O)cc1. The molecule has 4 nitrogen and oxygen atoms in total. The number of hydrogen-bond acceptors (Lipinski definition) is 3. The van der Waals surface area contributed by atoms with Crippen molar-refractivity contribution in [2.75, 3.05) is 6.61 Å². The Morgan fingerprint density at radius 2 is 1.55 bits per heavy atom. The molecule has 1 aliphatic rings. The molecule has 0 radical (unpaired) electrons. The summed E-state index contributed by atoms with van der Waals surface area (Å²) in [5.41, 5.74) is 1.77. The van der Waals surface area contributed by atoms with Gasteiger partial charge in [0.2, 0.25) is 0 Å². The Bertz CT molecular complexity index is 737. The van der Waals surface area contributed by atoms with Crippen LogP contribution in [0.5, 0.6) is 5.75 Å². The van der Waals surface area contributed by atoms with Gasteiger partial charge in [-0.3, -0.25) is 14.5 Å². The highest BCUT2D eigenvalue weighted by molar-refractivity contribution is 6.21. The summed E-state index contributed by atoms with van der Waals surface area (Å²) in [5.74, 6) is 2.54. The summed E-state index contributed by atoms with van der Waals surface area (Å²) in [7, 11) is 0. The van der Waals surface area contributed by atoms with Crippen LogP contribution in [0.4, 0.5) is 0 Å². The average Bonchev–Trinajstić information content (AvgIpc) is 2.80. The molecule has 2 amide bonds. The summed E-state index contributed by atoms with van der Waals surface area (Å²) in [6.07, 6.45) is 5.13. The first-order chi connectivity index (χ1) is 10.7. The van der Waals surface area contributed by atoms with Crippen molar-refractivity contribution >= 4 is 11.8 Å². The molecular formula is C18H13NO3. The van der Waals surface area contributed by atoms with Gasteiger partial charge in [0.25, 0.3) is 11.8 Å². The minimum atomic E-state index is -0.256. The fourth-order valence-corrected chi connectivity index (χ4v) is 2.38. The molecule has 1 heterocycles. The molecular weight excluding hydrogens is 278 g/mol. The van der Waals surface area contributed by atoms with E-state index in [1.807, 2.05) is 12.1 Å². The van der Waals surface area contributed by atoms with Gasteiger partial charge in [0.15, 0.2) is 0 Å². The van der Waals surface area contributed by atoms with Crippen molar-refractivity contribution in [3.05, 3.63) is 65.2 Å². The average molecular weight is 291 g/mol. The highest BCUT2D eigenvalue weighted by Gasteiger charge is 2.34. The van der Waals surface area contributed by atoms with Gasteiger partial charge in [-0.25, -0.2) is 0 Å². The van der Waals surface area contributed by atoms with Crippen molar-refractivity contribution < 1.29 is 14.3 Å². The lowest BCUT2D eigenvalue weighted by molar-refractivity contribution is 0.0642. The van der Waals surface area contributed by atoms with Crippen LogP contribution in [0.3, 0.4) is 0 Å². The van der Waals surface area contributed by atoms with E-state index in [4.69, 9.17) is 11.2 Å². The maximum Gasteiger partial charge on any atom is 0.261 e. The van der Waals surface area contributed by atoms with Gasteiger partial charge in [-0.2, -0.15) is 0 Å². The van der Waals surface area contributed by atoms with Crippen LogP contribution in [0.2, 0.25) is 0 Å². The zero-order chi connectivity index (χ0) is 15.5. The Kier molecular flexibility index (Phi) is 3.63. The number of hydrogen-bond donors (Lipinski definition) is 0. The highest BCUT2D eigenvalue weighted by Crippen LogP contribution is 2.24. The molecule has 0 saturated heterocycles. The lowest BCUT2D eigenvalue weighted by atomic mass is 10.1. The van der Waals surface area contributed by atoms with Crippen LogP contribution < -0.4 is 4.74 Å². The Morgan fingerprint density at radius 1 is 0.955 bits per heavy atom. The number of amides is 2. The second-order valence-corrected chi connectivity index (χ2v) is 4.88. The van der Waals surface area contributed by atoms with Gasteiger partial charge in [0.1, 0.15) is 12.4 Å². The number of benzene rings is 2. The van der Waals surface area contributed by atoms with Gasteiger partial charge in [-0.15, -0.1) is 6.42 Å². The van der Waals surface area contributed by atoms with Gasteiger partial charge >= 0.3 is 0 Å². The third-order valence-corrected chi connectivity index (χ3v) is 3.46. The lowest BCUT2D eigenvalue weighted by Gasteiger charge is -2.14. The van der Waals surface area contributed by atoms with Gasteiger partial charge in [-0.05, 0) is 29.8 Å². The quantitative estimate of drug-likeness (QED) is 0.642. The van der Waals surface area contributed by atoms with E-state index in [0.29, 0.717) is 16.9 Å². The summed E-state index contributed by atoms with van der Waals surface area (Å²) in [6.45, 7) is 0.444. The summed E-state index contributed by atoms with van der Waals surface area (Å²) in [5, 5.41) is 0. The highest BCUT2D eigenvalue weighted by atomic mass is 16.5. The molecule has 0 N–H and O–H groups in total. The Labute approximate surface area is 128 Å². The molecule has 4 heteroatoms. The maximum atomic E-state index is 12.3. The summed E-state index contributed by atoms with van der Waals surface area (Å²) >= 11 is 0. The third-order valence-electron chi connectivity index (χ3n) is 3.46. The fraction of sp³-hybridized carbons (Fsp3) is 0.111. The monoisotopic (exact) mass is 291 g/mol. The van der Waals surface area contributed by atoms with Crippen molar-refractivity contribution in [3.8, 4) is 18.1 Å². The second kappa shape index (κ2) is 5.74. The number of nitrogens with zero attached hydrogens (tertiary/aromatic N) is 1. The third kappa shape index (κ3) is 2.45. The number of imide groups is 1. The largest absolute Gasteiger partial charge is 0.481 e. The van der Waals surface area contributed by atoms with Gasteiger partial charge < -0.3 is 4.74 Å². The molecule has 1 aliphatic heterocycles. The number of carbonyl (C=O) groups is 2. The standard InChI is InChI=1S/C18H13NO3/c1-2-11-22-14-9-7-13(8-10-14)12-19-17(20)15-5-3-4-6-16(15)18(19)21/h1,3-10H,11-12H2. The molecule has 0 aliphatic carbocycles. The summed E-state index contributed by atoms with van der Waals surface area (Å²) in [4.78, 5) is 25.8. The van der Waals surface area contributed by atoms with Crippen molar-refractivity contribution in [1.82, 2.24) is 4.90 Å². The normalized spacial score (nSPS) is 13.0. The summed E-state index contributed by atoms with van der Waals surface area (Å²) < 4.78 is 5.29. The molecule has 0 spiro atoms. The number of fused-ring (bicyclic) bond motifs is 1. The van der Waals surface area contributed by atoms with Crippen molar-refractivity contribution in [3.63, 3.8) is 0 Å². The predicted molar refractivity (Wildman–Crippen MR) is 81.4 cm³/mol. The summed E-state index contributed by atoms with van der Waals surface area (Å²) in [6, 6.07) is 14.0. The minimum Gasteiger partial charge on any atom is -0.481 e. The molecule has 108 valence electrons. The van der Waals surface area contributed by atoms with Crippen LogP contribution in [0, 0.1) is 12.3 Å². The molecule has 3 rings (SSSR count). The van der Waals surface area contributed by atoms with E-state index in [-0.39, 0.29) is 25.0 Å². The zero-order valence-corrected chi connectivity index (χ0v) is 11.8. The van der Waals surface area contributed by atoms with Crippen LogP contribution >= 0.6 is 0 Å². The van der Waals surface area contributed by atoms with Crippen LogP contribution in [0.15, 0.2) is 48.5 Å². The number of carbonyl (C=O) groups excluding carboxylic acids is 2. The second-order valence-electron chi connectivity index (χ2n) is 4.88. The van der Waals surface area contributed by atoms with E-state index in [1.54, 1.807) is 36.4 Å². The molecule has 2 aromatic rings. The minimum absolute atomic E-state index is 0.206. The van der Waals surface area contributed by atoms with E-state index in [0.717, 1.165) is 5.56 Å². The van der Waals surface area contributed by atoms with Gasteiger partial charge in [-0.1, -0.05) is 30.2 Å². The zero-order valence-electron chi connectivity index (χ0n) is 11.8. The first-order valence-electron chi connectivity index (χ1n) is 6.81. The van der Waals surface area contributed by atoms with Gasteiger partial charge in [0.05, 0.1) is 17.7 Å². The first-order valence-corrected chi connectivity index (χ1v) is 6.81. The van der Waals surface area contributed by atoms with E-state index in [1.165, 1.54) is 4.90 Å². The molecule has 0 saturated carbocycles. The predicted octanol–water partition coefficient (Wildman–Crippen LogP) is 2.49. The number of terminal acetylenes is 1. The molecule has 0 atom stereocenters. The van der Waals surface area contributed by atoms with Crippen LogP contribution in [0.1, 0.15) is 26.3 Å². The smallest absolute Gasteiger partial charge is 0.261 e. The van der Waals surface area contributed by atoms with Gasteiger partial charge in [0, 0.05) is 0 Å². The molecule has 0 aromatic heterocycles. The van der Waals surface area contributed by atoms with E-state index >= 15 is 0 Å². The Balaban J connectivity index is 1.76. The molecule has 0 unspecified atom stereocenters. The topological polar surface area (TPSA) is 46.6 Å². The molecule has 0 bridgehead atoms. The van der Waals surface area contributed by atoms with Crippen LogP contribution in [-0.4, -0.2) is 23.3 Å². The molecule has 22 heavy (non-hydrogen) atoms. The fourth-order valence-electron chi connectivity index (χ4n) is 2.38. The van der Waals surface area contributed by atoms with Crippen molar-refractivity contribution in [2.45, 2.75) is 6.54 Å². The van der Waals surface area contributed by atoms with Crippen LogP contribution in [-0.2, 0) is 6.54 Å². The molecule has 2 aromatic carbocycles. The molecule has 0 fully saturated rings. The number of ether oxygens (including phenoxy) is 1. The van der Waals surface area contributed by atoms with E-state index < -0.39 is 0 Å². The number of rotatable bonds is 4. The first kappa shape index (κ1) is 13.9. The van der Waals surface area contributed by atoms with Crippen LogP contribution in [0.25, 0.3) is 0 Å². The van der Waals surface area contributed by atoms with Crippen molar-refractivity contribution in [2.24, 2.45) is 0 Å². The van der Waals surface area contributed by atoms with Crippen molar-refractivity contribution in [1.29, 1.82) is 0 Å². The van der Waals surface area contributed by atoms with E-state index in [9.17, 15) is 9.59 Å². The Morgan fingerprint density at radius 3 is 2.09 bits per heavy atom.